The first-order chi connectivity index (χ1) is 19.9. The lowest BCUT2D eigenvalue weighted by atomic mass is 9.86. The third-order valence-electron chi connectivity index (χ3n) is 8.50. The van der Waals surface area contributed by atoms with Crippen molar-refractivity contribution in [3.63, 3.8) is 0 Å². The summed E-state index contributed by atoms with van der Waals surface area (Å²) in [6.45, 7) is 7.41. The Labute approximate surface area is 249 Å². The van der Waals surface area contributed by atoms with Crippen molar-refractivity contribution in [2.45, 2.75) is 56.0 Å². The molecule has 2 aliphatic heterocycles. The summed E-state index contributed by atoms with van der Waals surface area (Å²) < 4.78 is 28.7. The van der Waals surface area contributed by atoms with E-state index < -0.39 is 15.6 Å². The Morgan fingerprint density at radius 2 is 1.45 bits per heavy atom. The molecule has 8 nitrogen and oxygen atoms in total. The van der Waals surface area contributed by atoms with Gasteiger partial charge in [-0.1, -0.05) is 81.4 Å². The summed E-state index contributed by atoms with van der Waals surface area (Å²) >= 11 is 0. The predicted octanol–water partition coefficient (Wildman–Crippen LogP) is 4.47. The summed E-state index contributed by atoms with van der Waals surface area (Å²) in [5.74, 6) is -0.268. The standard InChI is InChI=1S/C33H40N4O4S/c1-32(2,3)27-15-17-29(18-16-27)42(40,41)36-21-19-33(20-22-36)31(39)35(25-37(33)28-13-9-6-10-14-28)24-30(38)34(4)23-26-11-7-5-8-12-26/h5-18H,19-25H2,1-4H3. The smallest absolute Gasteiger partial charge is 0.250 e. The van der Waals surface area contributed by atoms with Gasteiger partial charge < -0.3 is 14.7 Å². The van der Waals surface area contributed by atoms with Crippen LogP contribution in [0.5, 0.6) is 0 Å². The van der Waals surface area contributed by atoms with E-state index in [1.165, 1.54) is 4.31 Å². The molecule has 3 aromatic carbocycles. The number of hydrogen-bond acceptors (Lipinski definition) is 5. The molecule has 3 aromatic rings. The van der Waals surface area contributed by atoms with Crippen LogP contribution >= 0.6 is 0 Å². The van der Waals surface area contributed by atoms with Crippen LogP contribution in [0, 0.1) is 0 Å². The molecule has 222 valence electrons. The first-order valence-electron chi connectivity index (χ1n) is 14.4. The molecular weight excluding hydrogens is 548 g/mol. The third kappa shape index (κ3) is 5.80. The maximum atomic E-state index is 14.1. The molecule has 42 heavy (non-hydrogen) atoms. The van der Waals surface area contributed by atoms with E-state index in [9.17, 15) is 18.0 Å². The minimum Gasteiger partial charge on any atom is -0.340 e. The second-order valence-electron chi connectivity index (χ2n) is 12.4. The Hall–Kier alpha value is -3.69. The number of piperidine rings is 1. The van der Waals surface area contributed by atoms with E-state index in [0.717, 1.165) is 16.8 Å². The summed E-state index contributed by atoms with van der Waals surface area (Å²) in [4.78, 5) is 32.9. The van der Waals surface area contributed by atoms with Gasteiger partial charge in [-0.25, -0.2) is 8.42 Å². The molecule has 0 bridgehead atoms. The molecule has 2 saturated heterocycles. The van der Waals surface area contributed by atoms with E-state index in [0.29, 0.717) is 19.4 Å². The van der Waals surface area contributed by atoms with Crippen LogP contribution in [0.4, 0.5) is 5.69 Å². The Bertz CT molecular complexity index is 1510. The van der Waals surface area contributed by atoms with Crippen molar-refractivity contribution in [2.24, 2.45) is 0 Å². The average Bonchev–Trinajstić information content (AvgIpc) is 3.24. The van der Waals surface area contributed by atoms with Gasteiger partial charge in [-0.3, -0.25) is 9.59 Å². The van der Waals surface area contributed by atoms with Gasteiger partial charge in [-0.15, -0.1) is 0 Å². The minimum atomic E-state index is -3.71. The molecule has 2 aliphatic rings. The van der Waals surface area contributed by atoms with Crippen LogP contribution in [0.25, 0.3) is 0 Å². The molecule has 0 aliphatic carbocycles. The molecular formula is C33H40N4O4S. The Morgan fingerprint density at radius 3 is 2.02 bits per heavy atom. The third-order valence-corrected chi connectivity index (χ3v) is 10.4. The molecule has 5 rings (SSSR count). The van der Waals surface area contributed by atoms with Gasteiger partial charge in [0.2, 0.25) is 21.8 Å². The molecule has 0 N–H and O–H groups in total. The molecule has 2 amide bonds. The zero-order valence-corrected chi connectivity index (χ0v) is 25.7. The molecule has 0 saturated carbocycles. The largest absolute Gasteiger partial charge is 0.340 e. The second-order valence-corrected chi connectivity index (χ2v) is 14.3. The highest BCUT2D eigenvalue weighted by atomic mass is 32.2. The van der Waals surface area contributed by atoms with E-state index in [-0.39, 0.29) is 48.4 Å². The fourth-order valence-corrected chi connectivity index (χ4v) is 7.37. The van der Waals surface area contributed by atoms with Crippen molar-refractivity contribution >= 4 is 27.5 Å². The van der Waals surface area contributed by atoms with Crippen LogP contribution in [-0.4, -0.2) is 73.2 Å². The van der Waals surface area contributed by atoms with E-state index in [4.69, 9.17) is 0 Å². The van der Waals surface area contributed by atoms with Gasteiger partial charge in [-0.2, -0.15) is 4.31 Å². The van der Waals surface area contributed by atoms with E-state index >= 15 is 0 Å². The maximum Gasteiger partial charge on any atom is 0.250 e. The van der Waals surface area contributed by atoms with Gasteiger partial charge in [0.05, 0.1) is 11.6 Å². The lowest BCUT2D eigenvalue weighted by molar-refractivity contribution is -0.140. The molecule has 0 atom stereocenters. The van der Waals surface area contributed by atoms with Crippen LogP contribution in [0.2, 0.25) is 0 Å². The van der Waals surface area contributed by atoms with Crippen LogP contribution < -0.4 is 4.90 Å². The molecule has 0 aromatic heterocycles. The number of benzene rings is 3. The number of carbonyl (C=O) groups excluding carboxylic acids is 2. The SMILES string of the molecule is CN(Cc1ccccc1)C(=O)CN1CN(c2ccccc2)C2(CCN(S(=O)(=O)c3ccc(C(C)(C)C)cc3)CC2)C1=O. The fraction of sp³-hybridized carbons (Fsp3) is 0.394. The number of carbonyl (C=O) groups is 2. The van der Waals surface area contributed by atoms with Gasteiger partial charge in [0.1, 0.15) is 12.1 Å². The summed E-state index contributed by atoms with van der Waals surface area (Å²) in [5.41, 5.74) is 1.98. The summed E-state index contributed by atoms with van der Waals surface area (Å²) in [6.07, 6.45) is 0.676. The molecule has 0 unspecified atom stereocenters. The lowest BCUT2D eigenvalue weighted by Crippen LogP contribution is -2.57. The molecule has 1 spiro atoms. The predicted molar refractivity (Wildman–Crippen MR) is 164 cm³/mol. The van der Waals surface area contributed by atoms with Crippen molar-refractivity contribution in [3.05, 3.63) is 96.1 Å². The summed E-state index contributed by atoms with van der Waals surface area (Å²) in [7, 11) is -1.97. The number of para-hydroxylation sites is 1. The van der Waals surface area contributed by atoms with Gasteiger partial charge in [0.15, 0.2) is 0 Å². The van der Waals surface area contributed by atoms with E-state index in [2.05, 4.69) is 25.7 Å². The summed E-state index contributed by atoms with van der Waals surface area (Å²) in [6, 6.07) is 26.6. The summed E-state index contributed by atoms with van der Waals surface area (Å²) in [5, 5.41) is 0. The monoisotopic (exact) mass is 588 g/mol. The Morgan fingerprint density at radius 1 is 0.881 bits per heavy atom. The van der Waals surface area contributed by atoms with Gasteiger partial charge in [0, 0.05) is 32.4 Å². The van der Waals surface area contributed by atoms with Gasteiger partial charge in [0.25, 0.3) is 0 Å². The van der Waals surface area contributed by atoms with E-state index in [1.807, 2.05) is 72.8 Å². The number of nitrogens with zero attached hydrogens (tertiary/aromatic N) is 4. The molecule has 9 heteroatoms. The topological polar surface area (TPSA) is 81.2 Å². The zero-order chi connectivity index (χ0) is 30.1. The Balaban J connectivity index is 1.34. The number of anilines is 1. The quantitative estimate of drug-likeness (QED) is 0.407. The van der Waals surface area contributed by atoms with Crippen molar-refractivity contribution in [1.29, 1.82) is 0 Å². The van der Waals surface area contributed by atoms with Crippen molar-refractivity contribution in [3.8, 4) is 0 Å². The number of amides is 2. The van der Waals surface area contributed by atoms with Gasteiger partial charge in [-0.05, 0) is 53.6 Å². The van der Waals surface area contributed by atoms with Crippen molar-refractivity contribution < 1.29 is 18.0 Å². The fourth-order valence-electron chi connectivity index (χ4n) is 5.92. The van der Waals surface area contributed by atoms with Crippen LogP contribution in [0.15, 0.2) is 89.8 Å². The number of hydrogen-bond donors (Lipinski definition) is 0. The normalized spacial score (nSPS) is 17.6. The number of rotatable bonds is 7. The van der Waals surface area contributed by atoms with Crippen molar-refractivity contribution in [2.75, 3.05) is 38.3 Å². The number of likely N-dealkylation sites (N-methyl/N-ethyl adjacent to an activating group) is 1. The highest BCUT2D eigenvalue weighted by Gasteiger charge is 2.55. The van der Waals surface area contributed by atoms with E-state index in [1.54, 1.807) is 29.0 Å². The first kappa shape index (κ1) is 29.8. The highest BCUT2D eigenvalue weighted by molar-refractivity contribution is 7.89. The van der Waals surface area contributed by atoms with Crippen LogP contribution in [0.3, 0.4) is 0 Å². The van der Waals surface area contributed by atoms with Crippen LogP contribution in [-0.2, 0) is 31.6 Å². The average molecular weight is 589 g/mol. The maximum absolute atomic E-state index is 14.1. The zero-order valence-electron chi connectivity index (χ0n) is 24.9. The van der Waals surface area contributed by atoms with Crippen molar-refractivity contribution in [1.82, 2.24) is 14.1 Å². The number of sulfonamides is 1. The minimum absolute atomic E-state index is 0.0324. The highest BCUT2D eigenvalue weighted by Crippen LogP contribution is 2.40. The molecule has 2 heterocycles. The molecule has 0 radical (unpaired) electrons. The van der Waals surface area contributed by atoms with Gasteiger partial charge >= 0.3 is 0 Å². The second kappa shape index (κ2) is 11.5. The van der Waals surface area contributed by atoms with Crippen LogP contribution in [0.1, 0.15) is 44.7 Å². The first-order valence-corrected chi connectivity index (χ1v) is 15.9. The lowest BCUT2D eigenvalue weighted by Gasteiger charge is -2.42. The molecule has 2 fully saturated rings. The Kier molecular flexibility index (Phi) is 8.18.